The summed E-state index contributed by atoms with van der Waals surface area (Å²) in [6.45, 7) is 3.85. The van der Waals surface area contributed by atoms with Crippen LogP contribution < -0.4 is 10.5 Å². The number of nitrogens with two attached hydrogens (primary N) is 1. The molecule has 0 radical (unpaired) electrons. The van der Waals surface area contributed by atoms with Crippen molar-refractivity contribution >= 4 is 28.4 Å². The van der Waals surface area contributed by atoms with Crippen molar-refractivity contribution in [3.8, 4) is 5.75 Å². The number of anilines is 1. The van der Waals surface area contributed by atoms with Gasteiger partial charge in [0.05, 0.1) is 25.2 Å². The number of ether oxygens (including phenoxy) is 2. The molecule has 0 spiro atoms. The number of hydrogen-bond donors (Lipinski definition) is 2. The highest BCUT2D eigenvalue weighted by Crippen LogP contribution is 2.25. The van der Waals surface area contributed by atoms with Gasteiger partial charge in [-0.15, -0.1) is 0 Å². The van der Waals surface area contributed by atoms with E-state index >= 15 is 0 Å². The molecule has 0 amide bonds. The van der Waals surface area contributed by atoms with Crippen LogP contribution in [0.2, 0.25) is 0 Å². The van der Waals surface area contributed by atoms with E-state index in [2.05, 4.69) is 0 Å². The molecule has 3 N–H and O–H groups in total. The van der Waals surface area contributed by atoms with E-state index in [-0.39, 0.29) is 5.97 Å². The monoisotopic (exact) mass is 395 g/mol. The Bertz CT molecular complexity index is 982. The van der Waals surface area contributed by atoms with Crippen molar-refractivity contribution in [1.82, 2.24) is 0 Å². The van der Waals surface area contributed by atoms with E-state index in [1.807, 2.05) is 36.4 Å². The third-order valence-electron chi connectivity index (χ3n) is 4.36. The second-order valence-electron chi connectivity index (χ2n) is 6.37. The van der Waals surface area contributed by atoms with Crippen molar-refractivity contribution in [1.29, 1.82) is 0 Å². The Morgan fingerprint density at radius 1 is 1.00 bits per heavy atom. The molecule has 0 aliphatic heterocycles. The Kier molecular flexibility index (Phi) is 7.60. The zero-order chi connectivity index (χ0) is 21.4. The maximum absolute atomic E-state index is 11.1. The molecule has 3 rings (SSSR count). The molecule has 0 saturated carbocycles. The molecule has 3 aromatic carbocycles. The lowest BCUT2D eigenvalue weighted by Crippen LogP contribution is -2.06. The molecule has 0 bridgehead atoms. The highest BCUT2D eigenvalue weighted by atomic mass is 16.5. The topological polar surface area (TPSA) is 98.9 Å². The van der Waals surface area contributed by atoms with Gasteiger partial charge in [0.2, 0.25) is 0 Å². The summed E-state index contributed by atoms with van der Waals surface area (Å²) in [5.74, 6) is -0.798. The number of methoxy groups -OCH3 is 1. The number of aliphatic carboxylic acids is 1. The Morgan fingerprint density at radius 2 is 1.62 bits per heavy atom. The van der Waals surface area contributed by atoms with Crippen LogP contribution in [0.25, 0.3) is 10.8 Å². The van der Waals surface area contributed by atoms with Gasteiger partial charge in [0.1, 0.15) is 5.75 Å². The van der Waals surface area contributed by atoms with E-state index in [0.717, 1.165) is 22.1 Å². The quantitative estimate of drug-likeness (QED) is 0.488. The number of benzene rings is 3. The summed E-state index contributed by atoms with van der Waals surface area (Å²) in [6.07, 6.45) is 0. The van der Waals surface area contributed by atoms with E-state index in [0.29, 0.717) is 17.9 Å². The van der Waals surface area contributed by atoms with Gasteiger partial charge in [-0.2, -0.15) is 0 Å². The number of carboxylic acid groups (broad SMARTS) is 1. The zero-order valence-electron chi connectivity index (χ0n) is 16.7. The molecule has 1 atom stereocenters. The largest absolute Gasteiger partial charge is 0.497 e. The van der Waals surface area contributed by atoms with Gasteiger partial charge in [0.25, 0.3) is 0 Å². The van der Waals surface area contributed by atoms with Gasteiger partial charge in [-0.25, -0.2) is 4.79 Å². The fourth-order valence-electron chi connectivity index (χ4n) is 2.61. The highest BCUT2D eigenvalue weighted by Gasteiger charge is 2.13. The SMILES string of the molecule is CCOC(=O)c1ccc(N)cc1.COc1ccc2cc([C@H](C)C(=O)O)ccc2c1. The summed E-state index contributed by atoms with van der Waals surface area (Å²) in [5.41, 5.74) is 7.44. The van der Waals surface area contributed by atoms with Gasteiger partial charge in [0.15, 0.2) is 0 Å². The third-order valence-corrected chi connectivity index (χ3v) is 4.36. The number of hydrogen-bond acceptors (Lipinski definition) is 5. The molecule has 0 aromatic heterocycles. The average molecular weight is 395 g/mol. The molecular formula is C23H25NO5. The average Bonchev–Trinajstić information content (AvgIpc) is 2.73. The standard InChI is InChI=1S/C14H14O3.C9H11NO2/c1-9(14(15)16)10-3-4-12-8-13(17-2)6-5-11(12)7-10;1-2-12-9(11)7-3-5-8(10)6-4-7/h3-9H,1-2H3,(H,15,16);3-6H,2,10H2,1H3/t9-;/m0./s1. The predicted octanol–water partition coefficient (Wildman–Crippen LogP) is 4.48. The van der Waals surface area contributed by atoms with Crippen LogP contribution in [-0.4, -0.2) is 30.8 Å². The predicted molar refractivity (Wildman–Crippen MR) is 113 cm³/mol. The van der Waals surface area contributed by atoms with Gasteiger partial charge < -0.3 is 20.3 Å². The van der Waals surface area contributed by atoms with Crippen LogP contribution in [0.3, 0.4) is 0 Å². The highest BCUT2D eigenvalue weighted by molar-refractivity contribution is 5.89. The van der Waals surface area contributed by atoms with Gasteiger partial charge in [0, 0.05) is 5.69 Å². The lowest BCUT2D eigenvalue weighted by molar-refractivity contribution is -0.138. The van der Waals surface area contributed by atoms with Crippen molar-refractivity contribution < 1.29 is 24.2 Å². The molecule has 0 saturated heterocycles. The third kappa shape index (κ3) is 5.97. The second kappa shape index (κ2) is 10.1. The number of esters is 1. The van der Waals surface area contributed by atoms with Crippen LogP contribution in [0.5, 0.6) is 5.75 Å². The van der Waals surface area contributed by atoms with Crippen LogP contribution in [0, 0.1) is 0 Å². The number of nitrogen functional groups attached to an aromatic ring is 1. The maximum atomic E-state index is 11.1. The van der Waals surface area contributed by atoms with Crippen molar-refractivity contribution in [3.05, 3.63) is 71.8 Å². The van der Waals surface area contributed by atoms with Crippen LogP contribution >= 0.6 is 0 Å². The first-order valence-electron chi connectivity index (χ1n) is 9.18. The molecule has 0 aliphatic rings. The number of carboxylic acids is 1. The second-order valence-corrected chi connectivity index (χ2v) is 6.37. The molecule has 6 heteroatoms. The molecular weight excluding hydrogens is 370 g/mol. The minimum Gasteiger partial charge on any atom is -0.497 e. The lowest BCUT2D eigenvalue weighted by atomic mass is 9.98. The molecule has 29 heavy (non-hydrogen) atoms. The Morgan fingerprint density at radius 3 is 2.21 bits per heavy atom. The van der Waals surface area contributed by atoms with E-state index in [9.17, 15) is 9.59 Å². The van der Waals surface area contributed by atoms with Crippen molar-refractivity contribution in [2.24, 2.45) is 0 Å². The first kappa shape index (κ1) is 21.8. The van der Waals surface area contributed by atoms with Crippen molar-refractivity contribution in [2.75, 3.05) is 19.5 Å². The van der Waals surface area contributed by atoms with E-state index < -0.39 is 11.9 Å². The van der Waals surface area contributed by atoms with Gasteiger partial charge in [-0.3, -0.25) is 4.79 Å². The Hall–Kier alpha value is -3.54. The maximum Gasteiger partial charge on any atom is 0.338 e. The minimum atomic E-state index is -0.808. The van der Waals surface area contributed by atoms with Crippen LogP contribution in [0.4, 0.5) is 5.69 Å². The molecule has 0 aliphatic carbocycles. The minimum absolute atomic E-state index is 0.308. The number of carbonyl (C=O) groups is 2. The van der Waals surface area contributed by atoms with E-state index in [1.165, 1.54) is 0 Å². The van der Waals surface area contributed by atoms with E-state index in [1.54, 1.807) is 45.2 Å². The van der Waals surface area contributed by atoms with Crippen LogP contribution in [0.15, 0.2) is 60.7 Å². The fraction of sp³-hybridized carbons (Fsp3) is 0.217. The number of fused-ring (bicyclic) bond motifs is 1. The Labute approximate surface area is 169 Å². The molecule has 152 valence electrons. The number of rotatable bonds is 5. The first-order valence-corrected chi connectivity index (χ1v) is 9.18. The normalized spacial score (nSPS) is 11.1. The lowest BCUT2D eigenvalue weighted by Gasteiger charge is -2.08. The van der Waals surface area contributed by atoms with Crippen molar-refractivity contribution in [2.45, 2.75) is 19.8 Å². The molecule has 3 aromatic rings. The summed E-state index contributed by atoms with van der Waals surface area (Å²) >= 11 is 0. The van der Waals surface area contributed by atoms with Crippen LogP contribution in [0.1, 0.15) is 35.7 Å². The summed E-state index contributed by atoms with van der Waals surface area (Å²) in [5, 5.41) is 11.0. The molecule has 0 heterocycles. The molecule has 0 fully saturated rings. The van der Waals surface area contributed by atoms with Gasteiger partial charge in [-0.1, -0.05) is 24.3 Å². The van der Waals surface area contributed by atoms with Crippen molar-refractivity contribution in [3.63, 3.8) is 0 Å². The summed E-state index contributed by atoms with van der Waals surface area (Å²) in [7, 11) is 1.63. The van der Waals surface area contributed by atoms with Gasteiger partial charge >= 0.3 is 11.9 Å². The smallest absolute Gasteiger partial charge is 0.338 e. The summed E-state index contributed by atoms with van der Waals surface area (Å²) < 4.78 is 9.93. The zero-order valence-corrected chi connectivity index (χ0v) is 16.7. The van der Waals surface area contributed by atoms with E-state index in [4.69, 9.17) is 20.3 Å². The van der Waals surface area contributed by atoms with Gasteiger partial charge in [-0.05, 0) is 66.6 Å². The first-order chi connectivity index (χ1) is 13.8. The molecule has 0 unspecified atom stereocenters. The molecule has 6 nitrogen and oxygen atoms in total. The fourth-order valence-corrected chi connectivity index (χ4v) is 2.61. The number of carbonyl (C=O) groups excluding carboxylic acids is 1. The van der Waals surface area contributed by atoms with Crippen LogP contribution in [-0.2, 0) is 9.53 Å². The Balaban J connectivity index is 0.000000221. The summed E-state index contributed by atoms with van der Waals surface area (Å²) in [6, 6.07) is 18.1. The summed E-state index contributed by atoms with van der Waals surface area (Å²) in [4.78, 5) is 22.0.